The molecule has 2 aliphatic rings. The Bertz CT molecular complexity index is 2050. The molecule has 3 atom stereocenters. The Morgan fingerprint density at radius 1 is 0.628 bits per heavy atom. The van der Waals surface area contributed by atoms with E-state index in [1.54, 1.807) is 0 Å². The van der Waals surface area contributed by atoms with Crippen molar-refractivity contribution in [2.45, 2.75) is 7.25 Å². The molecule has 0 fully saturated rings. The molecule has 0 saturated carbocycles. The van der Waals surface area contributed by atoms with Crippen LogP contribution in [0.3, 0.4) is 0 Å². The number of hydrogen-bond donors (Lipinski definition) is 0. The summed E-state index contributed by atoms with van der Waals surface area (Å²) in [7, 11) is -0.666. The second-order valence-corrected chi connectivity index (χ2v) is 19.1. The van der Waals surface area contributed by atoms with Crippen molar-refractivity contribution >= 4 is 88.0 Å². The fraction of sp³-hybridized carbons (Fsp3) is 0.0556. The molecule has 0 nitrogen and oxygen atoms in total. The molecule has 2 aliphatic carbocycles. The summed E-state index contributed by atoms with van der Waals surface area (Å²) in [6.07, 6.45) is 2.45. The maximum absolute atomic E-state index is 4.06. The van der Waals surface area contributed by atoms with Crippen molar-refractivity contribution in [3.05, 3.63) is 156 Å². The van der Waals surface area contributed by atoms with Crippen LogP contribution in [0.1, 0.15) is 35.1 Å². The minimum absolute atomic E-state index is 0. The van der Waals surface area contributed by atoms with Gasteiger partial charge < -0.3 is 24.8 Å². The summed E-state index contributed by atoms with van der Waals surface area (Å²) in [5.41, 5.74) is 8.71. The molecule has 7 heteroatoms. The summed E-state index contributed by atoms with van der Waals surface area (Å²) in [5.74, 6) is 0. The number of benzene rings is 5. The van der Waals surface area contributed by atoms with Gasteiger partial charge in [-0.15, -0.1) is 0 Å². The van der Waals surface area contributed by atoms with Crippen molar-refractivity contribution in [1.82, 2.24) is 0 Å². The second-order valence-electron chi connectivity index (χ2n) is 10.6. The number of fused-ring (bicyclic) bond motifs is 3. The minimum atomic E-state index is -1.15. The first-order chi connectivity index (χ1) is 20.1. The van der Waals surface area contributed by atoms with Gasteiger partial charge >= 0.3 is 280 Å². The third kappa shape index (κ3) is 5.48. The van der Waals surface area contributed by atoms with Crippen LogP contribution in [0.25, 0.3) is 38.0 Å². The predicted octanol–water partition coefficient (Wildman–Crippen LogP) is 6.61. The zero-order valence-corrected chi connectivity index (χ0v) is 32.2. The van der Waals surface area contributed by atoms with Crippen LogP contribution < -0.4 is 24.8 Å². The molecule has 210 valence electrons. The van der Waals surface area contributed by atoms with Gasteiger partial charge in [0.1, 0.15) is 0 Å². The molecule has 5 aromatic carbocycles. The molecule has 0 N–H and O–H groups in total. The molecule has 9 rings (SSSR count). The van der Waals surface area contributed by atoms with Gasteiger partial charge in [-0.25, -0.2) is 0 Å². The Morgan fingerprint density at radius 3 is 2.09 bits per heavy atom. The number of halogens is 5. The third-order valence-corrected chi connectivity index (χ3v) is 17.3. The molecule has 0 amide bonds. The Hall–Kier alpha value is -1.22. The Morgan fingerprint density at radius 2 is 1.35 bits per heavy atom. The summed E-state index contributed by atoms with van der Waals surface area (Å²) < 4.78 is 4.52. The van der Waals surface area contributed by atoms with E-state index >= 15 is 0 Å². The number of allylic oxidation sites excluding steroid dienone is 1. The van der Waals surface area contributed by atoms with Crippen LogP contribution in [0.4, 0.5) is 0 Å². The van der Waals surface area contributed by atoms with Crippen LogP contribution in [0.15, 0.2) is 129 Å². The predicted molar refractivity (Wildman–Crippen MR) is 183 cm³/mol. The van der Waals surface area contributed by atoms with E-state index in [0.29, 0.717) is 7.25 Å². The Labute approximate surface area is 301 Å². The molecular weight excluding hydrogens is 865 g/mol. The van der Waals surface area contributed by atoms with Crippen molar-refractivity contribution in [2.24, 2.45) is 0 Å². The molecule has 4 bridgehead atoms. The summed E-state index contributed by atoms with van der Waals surface area (Å²) in [6, 6.07) is 43.5. The van der Waals surface area contributed by atoms with E-state index in [0.717, 1.165) is 4.47 Å². The second kappa shape index (κ2) is 12.9. The van der Waals surface area contributed by atoms with Crippen molar-refractivity contribution in [1.29, 1.82) is 0 Å². The third-order valence-electron chi connectivity index (χ3n) is 8.33. The molecule has 0 radical (unpaired) electrons. The molecular formula is C36H22Br3Cl2PZr. The fourth-order valence-corrected chi connectivity index (χ4v) is 16.7. The van der Waals surface area contributed by atoms with Gasteiger partial charge in [0.2, 0.25) is 0 Å². The maximum atomic E-state index is 4.06. The zero-order valence-electron chi connectivity index (χ0n) is 22.5. The maximum Gasteiger partial charge on any atom is -1.00 e. The summed E-state index contributed by atoms with van der Waals surface area (Å²) in [5, 5.41) is 7.10. The molecule has 2 heterocycles. The first kappa shape index (κ1) is 31.8. The summed E-state index contributed by atoms with van der Waals surface area (Å²) in [4.78, 5) is 0. The van der Waals surface area contributed by atoms with Gasteiger partial charge in [-0.1, -0.05) is 0 Å². The van der Waals surface area contributed by atoms with Crippen LogP contribution in [-0.2, 0) is 23.2 Å². The van der Waals surface area contributed by atoms with Crippen molar-refractivity contribution in [3.63, 3.8) is 0 Å². The zero-order chi connectivity index (χ0) is 27.7. The van der Waals surface area contributed by atoms with Gasteiger partial charge in [-0.2, -0.15) is 0 Å². The average molecular weight is 887 g/mol. The van der Waals surface area contributed by atoms with Crippen molar-refractivity contribution in [3.8, 4) is 5.30 Å². The van der Waals surface area contributed by atoms with Crippen molar-refractivity contribution in [2.75, 3.05) is 0 Å². The van der Waals surface area contributed by atoms with Crippen LogP contribution >= 0.6 is 55.3 Å². The van der Waals surface area contributed by atoms with Crippen LogP contribution in [-0.4, -0.2) is 0 Å². The van der Waals surface area contributed by atoms with Crippen LogP contribution in [0.5, 0.6) is 0 Å². The standard InChI is InChI=1S/C21H12Br2P.C15H10Br.2ClH.Zr/c22-15-3-7-17(8-4-15)24-16-5-1-13(2-6-16)14-11-18-19(12-14)21(24)10-9-20(18)23;16-15-8-4-7-12-9-13(10-14(12)15)11-5-2-1-3-6-11;;;/h1-12H;1-10H;2*1H;/q;;;;+2/p-2. The van der Waals surface area contributed by atoms with E-state index in [1.165, 1.54) is 68.6 Å². The monoisotopic (exact) mass is 882 g/mol. The van der Waals surface area contributed by atoms with Crippen LogP contribution in [0.2, 0.25) is 0 Å². The van der Waals surface area contributed by atoms with Gasteiger partial charge in [-0.3, -0.25) is 0 Å². The molecule has 3 unspecified atom stereocenters. The van der Waals surface area contributed by atoms with Gasteiger partial charge in [-0.05, 0) is 0 Å². The number of hydrogen-bond acceptors (Lipinski definition) is 0. The molecule has 0 spiro atoms. The molecule has 43 heavy (non-hydrogen) atoms. The Balaban J connectivity index is 0.00000165. The smallest absolute Gasteiger partial charge is 1.00 e. The molecule has 7 aromatic rings. The van der Waals surface area contributed by atoms with E-state index in [9.17, 15) is 0 Å². The summed E-state index contributed by atoms with van der Waals surface area (Å²) >= 11 is 10.5. The first-order valence-electron chi connectivity index (χ1n) is 13.6. The Kier molecular flexibility index (Phi) is 9.51. The van der Waals surface area contributed by atoms with E-state index in [4.69, 9.17) is 0 Å². The van der Waals surface area contributed by atoms with E-state index in [-0.39, 0.29) is 24.8 Å². The van der Waals surface area contributed by atoms with Crippen LogP contribution in [0, 0.1) is 0 Å². The minimum Gasteiger partial charge on any atom is -1.00 e. The molecule has 0 saturated heterocycles. The average Bonchev–Trinajstić information content (AvgIpc) is 3.59. The summed E-state index contributed by atoms with van der Waals surface area (Å²) in [6.45, 7) is 0. The fourth-order valence-electron chi connectivity index (χ4n) is 6.49. The first-order valence-corrected chi connectivity index (χ1v) is 20.1. The molecule has 0 aliphatic heterocycles. The quantitative estimate of drug-likeness (QED) is 0.187. The van der Waals surface area contributed by atoms with Gasteiger partial charge in [0.05, 0.1) is 0 Å². The van der Waals surface area contributed by atoms with Gasteiger partial charge in [0.15, 0.2) is 0 Å². The van der Waals surface area contributed by atoms with E-state index in [2.05, 4.69) is 169 Å². The van der Waals surface area contributed by atoms with Crippen molar-refractivity contribution < 1.29 is 48.0 Å². The largest absolute Gasteiger partial charge is 1.00 e. The van der Waals surface area contributed by atoms with Gasteiger partial charge in [0, 0.05) is 0 Å². The van der Waals surface area contributed by atoms with E-state index < -0.39 is 30.8 Å². The van der Waals surface area contributed by atoms with Gasteiger partial charge in [0.25, 0.3) is 0 Å². The normalized spacial score (nSPS) is 16.3. The van der Waals surface area contributed by atoms with E-state index in [1.807, 2.05) is 0 Å². The number of rotatable bonds is 4. The SMILES string of the molecule is Brc1ccc(-p2c3ccc(cc3)c3cc4c(c(Br)ccc42)[CH]3[Zr+2][CH]2C(c3ccccc3)=Cc3cccc(Br)c32)cc1.[Cl-].[Cl-]. The topological polar surface area (TPSA) is 0 Å². The molecule has 2 aromatic heterocycles.